The molecule has 0 N–H and O–H groups in total. The molecule has 2 aromatic carbocycles. The van der Waals surface area contributed by atoms with E-state index in [1.165, 1.54) is 24.1 Å². The number of rotatable bonds is 5. The first kappa shape index (κ1) is 18.5. The molecule has 1 aliphatic rings. The highest BCUT2D eigenvalue weighted by molar-refractivity contribution is 5.86. The van der Waals surface area contributed by atoms with Crippen LogP contribution in [-0.4, -0.2) is 31.1 Å². The summed E-state index contributed by atoms with van der Waals surface area (Å²) in [4.78, 5) is 13.7. The van der Waals surface area contributed by atoms with Crippen LogP contribution in [0.3, 0.4) is 0 Å². The van der Waals surface area contributed by atoms with Gasteiger partial charge in [-0.2, -0.15) is 0 Å². The molecule has 0 spiro atoms. The van der Waals surface area contributed by atoms with Crippen LogP contribution in [0.4, 0.5) is 0 Å². The van der Waals surface area contributed by atoms with E-state index < -0.39 is 0 Å². The van der Waals surface area contributed by atoms with Gasteiger partial charge in [0.2, 0.25) is 0 Å². The smallest absolute Gasteiger partial charge is 0.330 e. The lowest BCUT2D eigenvalue weighted by molar-refractivity contribution is -0.134. The number of carbonyl (C=O) groups excluding carboxylic acids is 1. The van der Waals surface area contributed by atoms with Gasteiger partial charge in [0.1, 0.15) is 11.3 Å². The van der Waals surface area contributed by atoms with Crippen molar-refractivity contribution in [1.82, 2.24) is 4.90 Å². The zero-order valence-electron chi connectivity index (χ0n) is 16.1. The molecule has 1 fully saturated rings. The molecule has 0 aliphatic carbocycles. The van der Waals surface area contributed by atoms with Crippen LogP contribution >= 0.6 is 0 Å². The minimum absolute atomic E-state index is 0.337. The summed E-state index contributed by atoms with van der Waals surface area (Å²) in [7, 11) is 1.38. The van der Waals surface area contributed by atoms with E-state index in [0.29, 0.717) is 5.92 Å². The molecule has 0 bridgehead atoms. The standard InChI is InChI=1S/C24H25NO3/c1-27-24(26)11-10-18-6-8-19(9-7-18)17-25-14-12-20(13-15-25)23-16-21-4-2-3-5-22(21)28-23/h2-11,16,20H,12-15,17H2,1H3/b11-10+. The van der Waals surface area contributed by atoms with Crippen molar-refractivity contribution >= 4 is 23.0 Å². The van der Waals surface area contributed by atoms with Gasteiger partial charge in [0, 0.05) is 23.9 Å². The second kappa shape index (κ2) is 8.44. The molecule has 144 valence electrons. The van der Waals surface area contributed by atoms with Gasteiger partial charge in [0.25, 0.3) is 0 Å². The van der Waals surface area contributed by atoms with Crippen LogP contribution in [-0.2, 0) is 16.1 Å². The molecule has 1 aromatic heterocycles. The quantitative estimate of drug-likeness (QED) is 0.465. The maximum Gasteiger partial charge on any atom is 0.330 e. The number of benzene rings is 2. The first-order valence-corrected chi connectivity index (χ1v) is 9.77. The summed E-state index contributed by atoms with van der Waals surface area (Å²) in [6.45, 7) is 3.10. The molecule has 0 atom stereocenters. The van der Waals surface area contributed by atoms with Gasteiger partial charge in [-0.05, 0) is 55.3 Å². The summed E-state index contributed by atoms with van der Waals surface area (Å²) in [6.07, 6.45) is 5.46. The van der Waals surface area contributed by atoms with Gasteiger partial charge in [-0.3, -0.25) is 4.90 Å². The summed E-state index contributed by atoms with van der Waals surface area (Å²) in [5.41, 5.74) is 3.27. The molecular formula is C24H25NO3. The molecule has 4 heteroatoms. The number of likely N-dealkylation sites (tertiary alicyclic amines) is 1. The fourth-order valence-corrected chi connectivity index (χ4v) is 3.80. The Morgan fingerprint density at radius 2 is 1.89 bits per heavy atom. The number of hydrogen-bond acceptors (Lipinski definition) is 4. The third-order valence-corrected chi connectivity index (χ3v) is 5.43. The molecule has 0 unspecified atom stereocenters. The topological polar surface area (TPSA) is 42.7 Å². The van der Waals surface area contributed by atoms with Gasteiger partial charge < -0.3 is 9.15 Å². The largest absolute Gasteiger partial charge is 0.466 e. The molecule has 4 rings (SSSR count). The Morgan fingerprint density at radius 1 is 1.14 bits per heavy atom. The number of piperidine rings is 1. The molecule has 28 heavy (non-hydrogen) atoms. The zero-order valence-corrected chi connectivity index (χ0v) is 16.1. The molecule has 0 saturated carbocycles. The molecule has 4 nitrogen and oxygen atoms in total. The molecule has 0 amide bonds. The predicted octanol–water partition coefficient (Wildman–Crippen LogP) is 5.00. The summed E-state index contributed by atoms with van der Waals surface area (Å²) < 4.78 is 10.7. The van der Waals surface area contributed by atoms with Crippen molar-refractivity contribution in [2.75, 3.05) is 20.2 Å². The van der Waals surface area contributed by atoms with E-state index in [0.717, 1.165) is 49.4 Å². The monoisotopic (exact) mass is 375 g/mol. The number of fused-ring (bicyclic) bond motifs is 1. The SMILES string of the molecule is COC(=O)/C=C/c1ccc(CN2CCC(c3cc4ccccc4o3)CC2)cc1. The normalized spacial score (nSPS) is 16.0. The van der Waals surface area contributed by atoms with Crippen LogP contribution in [0.1, 0.15) is 35.6 Å². The van der Waals surface area contributed by atoms with Crippen molar-refractivity contribution < 1.29 is 13.9 Å². The van der Waals surface area contributed by atoms with E-state index in [1.54, 1.807) is 6.08 Å². The Labute approximate surface area is 165 Å². The molecule has 1 saturated heterocycles. The van der Waals surface area contributed by atoms with Crippen molar-refractivity contribution in [2.45, 2.75) is 25.3 Å². The third kappa shape index (κ3) is 4.34. The average molecular weight is 375 g/mol. The highest BCUT2D eigenvalue weighted by Crippen LogP contribution is 2.32. The average Bonchev–Trinajstić information content (AvgIpc) is 3.18. The highest BCUT2D eigenvalue weighted by Gasteiger charge is 2.23. The number of methoxy groups -OCH3 is 1. The van der Waals surface area contributed by atoms with Crippen molar-refractivity contribution in [1.29, 1.82) is 0 Å². The fraction of sp³-hybridized carbons (Fsp3) is 0.292. The number of carbonyl (C=O) groups is 1. The van der Waals surface area contributed by atoms with Crippen molar-refractivity contribution in [3.63, 3.8) is 0 Å². The van der Waals surface area contributed by atoms with Crippen molar-refractivity contribution in [3.05, 3.63) is 77.6 Å². The Kier molecular flexibility index (Phi) is 5.58. The van der Waals surface area contributed by atoms with Crippen molar-refractivity contribution in [2.24, 2.45) is 0 Å². The highest BCUT2D eigenvalue weighted by atomic mass is 16.5. The van der Waals surface area contributed by atoms with Gasteiger partial charge in [-0.1, -0.05) is 42.5 Å². The Hall–Kier alpha value is -2.85. The Balaban J connectivity index is 1.31. The lowest BCUT2D eigenvalue weighted by Crippen LogP contribution is -2.32. The van der Waals surface area contributed by atoms with E-state index in [1.807, 2.05) is 24.3 Å². The summed E-state index contributed by atoms with van der Waals surface area (Å²) in [5.74, 6) is 1.30. The Bertz CT molecular complexity index is 930. The first-order chi connectivity index (χ1) is 13.7. The summed E-state index contributed by atoms with van der Waals surface area (Å²) >= 11 is 0. The minimum Gasteiger partial charge on any atom is -0.466 e. The van der Waals surface area contributed by atoms with Gasteiger partial charge >= 0.3 is 5.97 Å². The third-order valence-electron chi connectivity index (χ3n) is 5.43. The van der Waals surface area contributed by atoms with Crippen LogP contribution in [0.2, 0.25) is 0 Å². The van der Waals surface area contributed by atoms with E-state index in [9.17, 15) is 4.79 Å². The van der Waals surface area contributed by atoms with Crippen LogP contribution in [0.25, 0.3) is 17.0 Å². The predicted molar refractivity (Wildman–Crippen MR) is 111 cm³/mol. The fourth-order valence-electron chi connectivity index (χ4n) is 3.80. The van der Waals surface area contributed by atoms with Gasteiger partial charge in [-0.15, -0.1) is 0 Å². The minimum atomic E-state index is -0.337. The number of nitrogens with zero attached hydrogens (tertiary/aromatic N) is 1. The number of esters is 1. The van der Waals surface area contributed by atoms with E-state index in [2.05, 4.69) is 40.0 Å². The number of hydrogen-bond donors (Lipinski definition) is 0. The molecule has 0 radical (unpaired) electrons. The van der Waals surface area contributed by atoms with E-state index >= 15 is 0 Å². The molecule has 2 heterocycles. The van der Waals surface area contributed by atoms with Crippen molar-refractivity contribution in [3.8, 4) is 0 Å². The second-order valence-electron chi connectivity index (χ2n) is 7.34. The maximum absolute atomic E-state index is 11.2. The summed E-state index contributed by atoms with van der Waals surface area (Å²) in [6, 6.07) is 18.8. The Morgan fingerprint density at radius 3 is 2.61 bits per heavy atom. The van der Waals surface area contributed by atoms with Gasteiger partial charge in [0.05, 0.1) is 7.11 Å². The first-order valence-electron chi connectivity index (χ1n) is 9.77. The van der Waals surface area contributed by atoms with E-state index in [-0.39, 0.29) is 5.97 Å². The number of furan rings is 1. The lowest BCUT2D eigenvalue weighted by Gasteiger charge is -2.31. The van der Waals surface area contributed by atoms with Crippen LogP contribution in [0.5, 0.6) is 0 Å². The van der Waals surface area contributed by atoms with Gasteiger partial charge in [-0.25, -0.2) is 4.79 Å². The molecule has 1 aliphatic heterocycles. The molecular weight excluding hydrogens is 350 g/mol. The second-order valence-corrected chi connectivity index (χ2v) is 7.34. The lowest BCUT2D eigenvalue weighted by atomic mass is 9.94. The van der Waals surface area contributed by atoms with Crippen LogP contribution in [0.15, 0.2) is 65.1 Å². The molecule has 3 aromatic rings. The summed E-state index contributed by atoms with van der Waals surface area (Å²) in [5, 5.41) is 1.20. The number of para-hydroxylation sites is 1. The van der Waals surface area contributed by atoms with Crippen LogP contribution < -0.4 is 0 Å². The maximum atomic E-state index is 11.2. The van der Waals surface area contributed by atoms with E-state index in [4.69, 9.17) is 4.42 Å². The van der Waals surface area contributed by atoms with Crippen LogP contribution in [0, 0.1) is 0 Å². The van der Waals surface area contributed by atoms with Gasteiger partial charge in [0.15, 0.2) is 0 Å². The number of ether oxygens (including phenoxy) is 1. The zero-order chi connectivity index (χ0) is 19.3.